The number of hydrogen-bond acceptors (Lipinski definition) is 3. The van der Waals surface area contributed by atoms with Gasteiger partial charge in [-0.2, -0.15) is 0 Å². The Morgan fingerprint density at radius 2 is 2.37 bits per heavy atom. The Morgan fingerprint density at radius 3 is 3.05 bits per heavy atom. The van der Waals surface area contributed by atoms with E-state index in [1.54, 1.807) is 0 Å². The highest BCUT2D eigenvalue weighted by Crippen LogP contribution is 2.19. The summed E-state index contributed by atoms with van der Waals surface area (Å²) in [4.78, 5) is 25.6. The van der Waals surface area contributed by atoms with Crippen LogP contribution in [-0.4, -0.2) is 49.1 Å². The van der Waals surface area contributed by atoms with Crippen molar-refractivity contribution in [3.8, 4) is 0 Å². The average Bonchev–Trinajstić information content (AvgIpc) is 3.03. The molecule has 0 aromatic carbocycles. The van der Waals surface area contributed by atoms with Crippen molar-refractivity contribution in [1.82, 2.24) is 10.2 Å². The molecule has 5 heteroatoms. The van der Waals surface area contributed by atoms with Crippen molar-refractivity contribution in [2.24, 2.45) is 5.92 Å². The monoisotopic (exact) mass is 268 g/mol. The lowest BCUT2D eigenvalue weighted by Crippen LogP contribution is -2.37. The molecule has 0 aromatic rings. The second kappa shape index (κ2) is 6.89. The molecule has 2 heterocycles. The molecule has 2 rings (SSSR count). The highest BCUT2D eigenvalue weighted by atomic mass is 16.5. The molecule has 5 nitrogen and oxygen atoms in total. The van der Waals surface area contributed by atoms with Crippen molar-refractivity contribution in [1.29, 1.82) is 0 Å². The summed E-state index contributed by atoms with van der Waals surface area (Å²) < 4.78 is 5.47. The summed E-state index contributed by atoms with van der Waals surface area (Å²) in [6, 6.07) is 0. The Labute approximate surface area is 114 Å². The summed E-state index contributed by atoms with van der Waals surface area (Å²) in [6.07, 6.45) is 4.70. The predicted molar refractivity (Wildman–Crippen MR) is 71.6 cm³/mol. The van der Waals surface area contributed by atoms with Gasteiger partial charge in [0.25, 0.3) is 0 Å². The van der Waals surface area contributed by atoms with Crippen LogP contribution in [0.2, 0.25) is 0 Å². The molecular weight excluding hydrogens is 244 g/mol. The van der Waals surface area contributed by atoms with Gasteiger partial charge < -0.3 is 15.0 Å². The summed E-state index contributed by atoms with van der Waals surface area (Å²) in [6.45, 7) is 4.85. The second-order valence-electron chi connectivity index (χ2n) is 5.47. The zero-order chi connectivity index (χ0) is 13.7. The number of carbonyl (C=O) groups excluding carboxylic acids is 2. The van der Waals surface area contributed by atoms with E-state index in [0.717, 1.165) is 38.8 Å². The lowest BCUT2D eigenvalue weighted by atomic mass is 10.1. The van der Waals surface area contributed by atoms with Gasteiger partial charge in [-0.25, -0.2) is 0 Å². The molecule has 0 saturated carbocycles. The molecule has 0 spiro atoms. The molecule has 2 saturated heterocycles. The summed E-state index contributed by atoms with van der Waals surface area (Å²) in [5.74, 6) is -0.0562. The first-order valence-corrected chi connectivity index (χ1v) is 7.37. The maximum atomic E-state index is 12.0. The number of carbonyl (C=O) groups is 2. The van der Waals surface area contributed by atoms with Gasteiger partial charge in [0, 0.05) is 32.7 Å². The van der Waals surface area contributed by atoms with Crippen molar-refractivity contribution in [3.63, 3.8) is 0 Å². The number of nitrogens with zero attached hydrogens (tertiary/aromatic N) is 1. The van der Waals surface area contributed by atoms with Crippen LogP contribution < -0.4 is 5.32 Å². The fourth-order valence-corrected chi connectivity index (χ4v) is 2.68. The summed E-state index contributed by atoms with van der Waals surface area (Å²) >= 11 is 0. The standard InChI is InChI=1S/C14H24N2O3/c1-2-3-6-16-10-11(8-13(16)17)14(18)15-9-12-5-4-7-19-12/h11-12H,2-10H2,1H3,(H,15,18)/t11-,12-/m0/s1. The SMILES string of the molecule is CCCCN1C[C@@H](C(=O)NC[C@@H]2CCCO2)CC1=O. The first-order chi connectivity index (χ1) is 9.20. The molecule has 2 aliphatic rings. The second-order valence-corrected chi connectivity index (χ2v) is 5.47. The molecule has 0 bridgehead atoms. The van der Waals surface area contributed by atoms with Crippen molar-refractivity contribution in [2.45, 2.75) is 45.1 Å². The van der Waals surface area contributed by atoms with E-state index in [1.165, 1.54) is 0 Å². The van der Waals surface area contributed by atoms with Crippen LogP contribution >= 0.6 is 0 Å². The van der Waals surface area contributed by atoms with Crippen molar-refractivity contribution < 1.29 is 14.3 Å². The Bertz CT molecular complexity index is 327. The molecule has 1 N–H and O–H groups in total. The van der Waals surface area contributed by atoms with Gasteiger partial charge >= 0.3 is 0 Å². The average molecular weight is 268 g/mol. The van der Waals surface area contributed by atoms with E-state index >= 15 is 0 Å². The minimum absolute atomic E-state index is 0.00264. The van der Waals surface area contributed by atoms with Gasteiger partial charge in [0.2, 0.25) is 11.8 Å². The smallest absolute Gasteiger partial charge is 0.225 e. The van der Waals surface area contributed by atoms with Crippen LogP contribution in [-0.2, 0) is 14.3 Å². The normalized spacial score (nSPS) is 27.0. The molecule has 0 aromatic heterocycles. The van der Waals surface area contributed by atoms with Gasteiger partial charge in [-0.05, 0) is 19.3 Å². The number of nitrogens with one attached hydrogen (secondary N) is 1. The van der Waals surface area contributed by atoms with E-state index in [9.17, 15) is 9.59 Å². The molecule has 19 heavy (non-hydrogen) atoms. The summed E-state index contributed by atoms with van der Waals surface area (Å²) in [7, 11) is 0. The molecule has 2 amide bonds. The number of rotatable bonds is 6. The number of likely N-dealkylation sites (tertiary alicyclic amines) is 1. The maximum absolute atomic E-state index is 12.0. The van der Waals surface area contributed by atoms with Crippen LogP contribution in [0.25, 0.3) is 0 Å². The number of ether oxygens (including phenoxy) is 1. The third-order valence-electron chi connectivity index (χ3n) is 3.89. The van der Waals surface area contributed by atoms with E-state index in [0.29, 0.717) is 19.5 Å². The van der Waals surface area contributed by atoms with Gasteiger partial charge in [0.05, 0.1) is 12.0 Å². The zero-order valence-corrected chi connectivity index (χ0v) is 11.7. The summed E-state index contributed by atoms with van der Waals surface area (Å²) in [5.41, 5.74) is 0. The van der Waals surface area contributed by atoms with E-state index in [4.69, 9.17) is 4.74 Å². The quantitative estimate of drug-likeness (QED) is 0.779. The molecule has 2 atom stereocenters. The van der Waals surface area contributed by atoms with E-state index in [1.807, 2.05) is 4.90 Å². The van der Waals surface area contributed by atoms with Gasteiger partial charge in [-0.1, -0.05) is 13.3 Å². The van der Waals surface area contributed by atoms with Gasteiger partial charge in [0.1, 0.15) is 0 Å². The highest BCUT2D eigenvalue weighted by Gasteiger charge is 2.34. The van der Waals surface area contributed by atoms with Crippen molar-refractivity contribution >= 4 is 11.8 Å². The number of hydrogen-bond donors (Lipinski definition) is 1. The van der Waals surface area contributed by atoms with Crippen LogP contribution in [0, 0.1) is 5.92 Å². The number of unbranched alkanes of at least 4 members (excludes halogenated alkanes) is 1. The topological polar surface area (TPSA) is 58.6 Å². The minimum atomic E-state index is -0.175. The molecule has 0 aliphatic carbocycles. The Balaban J connectivity index is 1.72. The van der Waals surface area contributed by atoms with Crippen LogP contribution in [0.3, 0.4) is 0 Å². The van der Waals surface area contributed by atoms with Gasteiger partial charge in [-0.3, -0.25) is 9.59 Å². The van der Waals surface area contributed by atoms with Crippen LogP contribution in [0.5, 0.6) is 0 Å². The van der Waals surface area contributed by atoms with Crippen LogP contribution in [0.15, 0.2) is 0 Å². The first kappa shape index (κ1) is 14.3. The lowest BCUT2D eigenvalue weighted by Gasteiger charge is -2.16. The lowest BCUT2D eigenvalue weighted by molar-refractivity contribution is -0.129. The van der Waals surface area contributed by atoms with Crippen molar-refractivity contribution in [3.05, 3.63) is 0 Å². The molecule has 2 fully saturated rings. The van der Waals surface area contributed by atoms with Crippen LogP contribution in [0.1, 0.15) is 39.0 Å². The molecule has 2 aliphatic heterocycles. The minimum Gasteiger partial charge on any atom is -0.376 e. The Morgan fingerprint density at radius 1 is 1.53 bits per heavy atom. The number of amides is 2. The van der Waals surface area contributed by atoms with Crippen molar-refractivity contribution in [2.75, 3.05) is 26.2 Å². The van der Waals surface area contributed by atoms with Gasteiger partial charge in [0.15, 0.2) is 0 Å². The highest BCUT2D eigenvalue weighted by molar-refractivity contribution is 5.89. The predicted octanol–water partition coefficient (Wildman–Crippen LogP) is 0.930. The zero-order valence-electron chi connectivity index (χ0n) is 11.7. The maximum Gasteiger partial charge on any atom is 0.225 e. The fourth-order valence-electron chi connectivity index (χ4n) is 2.68. The van der Waals surface area contributed by atoms with Gasteiger partial charge in [-0.15, -0.1) is 0 Å². The molecule has 0 radical (unpaired) electrons. The first-order valence-electron chi connectivity index (χ1n) is 7.37. The molecular formula is C14H24N2O3. The fraction of sp³-hybridized carbons (Fsp3) is 0.857. The summed E-state index contributed by atoms with van der Waals surface area (Å²) in [5, 5.41) is 2.92. The Hall–Kier alpha value is -1.10. The van der Waals surface area contributed by atoms with E-state index < -0.39 is 0 Å². The molecule has 108 valence electrons. The van der Waals surface area contributed by atoms with Crippen LogP contribution in [0.4, 0.5) is 0 Å². The third kappa shape index (κ3) is 3.93. The third-order valence-corrected chi connectivity index (χ3v) is 3.89. The Kier molecular flexibility index (Phi) is 5.19. The van der Waals surface area contributed by atoms with E-state index in [2.05, 4.69) is 12.2 Å². The largest absolute Gasteiger partial charge is 0.376 e. The molecule has 0 unspecified atom stereocenters. The van der Waals surface area contributed by atoms with E-state index in [-0.39, 0.29) is 23.8 Å².